The quantitative estimate of drug-likeness (QED) is 0.521. The molecule has 0 saturated carbocycles. The molecule has 4 radical (unpaired) electrons. The molecule has 0 atom stereocenters. The molecule has 0 aliphatic heterocycles. The third kappa shape index (κ3) is 4.84. The molecule has 0 fully saturated rings. The molecular formula is C12H10PbSe2. The molecule has 15 heavy (non-hydrogen) atoms. The van der Waals surface area contributed by atoms with Gasteiger partial charge in [0.15, 0.2) is 0 Å². The molecule has 0 unspecified atom stereocenters. The van der Waals surface area contributed by atoms with Gasteiger partial charge in [0.25, 0.3) is 0 Å². The van der Waals surface area contributed by atoms with Crippen molar-refractivity contribution < 1.29 is 0 Å². The summed E-state index contributed by atoms with van der Waals surface area (Å²) in [7, 11) is 0. The van der Waals surface area contributed by atoms with Gasteiger partial charge >= 0.3 is 95.9 Å². The van der Waals surface area contributed by atoms with Crippen molar-refractivity contribution in [2.45, 2.75) is 0 Å². The average Bonchev–Trinajstić information content (AvgIpc) is 2.29. The van der Waals surface area contributed by atoms with E-state index in [1.807, 2.05) is 0 Å². The Hall–Kier alpha value is 0.401. The SMILES string of the molecule is [Pb].c1ccc([Se][Se]c2ccccc2)cc1. The number of benzene rings is 2. The summed E-state index contributed by atoms with van der Waals surface area (Å²) in [4.78, 5) is 0. The van der Waals surface area contributed by atoms with Gasteiger partial charge in [-0.05, 0) is 0 Å². The summed E-state index contributed by atoms with van der Waals surface area (Å²) in [6.07, 6.45) is 0. The van der Waals surface area contributed by atoms with E-state index in [2.05, 4.69) is 60.7 Å². The fourth-order valence-corrected chi connectivity index (χ4v) is 7.10. The van der Waals surface area contributed by atoms with E-state index in [1.165, 1.54) is 8.92 Å². The van der Waals surface area contributed by atoms with Gasteiger partial charge in [-0.25, -0.2) is 0 Å². The number of hydrogen-bond donors (Lipinski definition) is 0. The Bertz CT molecular complexity index is 336. The van der Waals surface area contributed by atoms with E-state index in [0.29, 0.717) is 26.3 Å². The minimum atomic E-state index is 0. The van der Waals surface area contributed by atoms with Crippen LogP contribution in [0.2, 0.25) is 0 Å². The Balaban J connectivity index is 0.00000112. The van der Waals surface area contributed by atoms with E-state index in [0.717, 1.165) is 0 Å². The van der Waals surface area contributed by atoms with Crippen molar-refractivity contribution in [3.05, 3.63) is 60.7 Å². The van der Waals surface area contributed by atoms with Crippen LogP contribution in [0.25, 0.3) is 0 Å². The van der Waals surface area contributed by atoms with Crippen LogP contribution in [-0.4, -0.2) is 53.6 Å². The van der Waals surface area contributed by atoms with Crippen molar-refractivity contribution in [2.24, 2.45) is 0 Å². The second-order valence-corrected chi connectivity index (χ2v) is 9.10. The molecule has 0 nitrogen and oxygen atoms in total. The summed E-state index contributed by atoms with van der Waals surface area (Å²) < 4.78 is 3.01. The van der Waals surface area contributed by atoms with Crippen molar-refractivity contribution in [1.29, 1.82) is 0 Å². The fraction of sp³-hybridized carbons (Fsp3) is 0. The van der Waals surface area contributed by atoms with E-state index >= 15 is 0 Å². The minimum absolute atomic E-state index is 0. The maximum atomic E-state index is 2.23. The van der Waals surface area contributed by atoms with Crippen LogP contribution in [-0.2, 0) is 0 Å². The molecule has 74 valence electrons. The summed E-state index contributed by atoms with van der Waals surface area (Å²) in [6.45, 7) is 0. The molecule has 0 heterocycles. The van der Waals surface area contributed by atoms with Crippen LogP contribution >= 0.6 is 0 Å². The molecule has 2 aromatic carbocycles. The zero-order valence-electron chi connectivity index (χ0n) is 8.09. The molecule has 0 spiro atoms. The van der Waals surface area contributed by atoms with Crippen LogP contribution in [0.15, 0.2) is 60.7 Å². The average molecular weight is 519 g/mol. The van der Waals surface area contributed by atoms with E-state index in [4.69, 9.17) is 0 Å². The molecule has 0 aliphatic carbocycles. The standard InChI is InChI=1S/C12H10Se2.Pb/c1-3-7-11(8-4-1)13-14-12-9-5-2-6-10-12;/h1-10H;. The fourth-order valence-electron chi connectivity index (χ4n) is 1.05. The number of hydrogen-bond acceptors (Lipinski definition) is 0. The Morgan fingerprint density at radius 1 is 0.533 bits per heavy atom. The first-order valence-electron chi connectivity index (χ1n) is 4.40. The van der Waals surface area contributed by atoms with E-state index in [-0.39, 0.29) is 27.3 Å². The zero-order chi connectivity index (χ0) is 9.64. The molecule has 2 rings (SSSR count). The predicted molar refractivity (Wildman–Crippen MR) is 69.4 cm³/mol. The number of rotatable bonds is 3. The van der Waals surface area contributed by atoms with Gasteiger partial charge in [0, 0.05) is 27.3 Å². The molecule has 0 aliphatic rings. The first-order valence-corrected chi connectivity index (χ1v) is 10.4. The summed E-state index contributed by atoms with van der Waals surface area (Å²) in [5.74, 6) is 0. The summed E-state index contributed by atoms with van der Waals surface area (Å²) >= 11 is 1.27. The van der Waals surface area contributed by atoms with Gasteiger partial charge in [0.1, 0.15) is 0 Å². The predicted octanol–water partition coefficient (Wildman–Crippen LogP) is 0.580. The van der Waals surface area contributed by atoms with Crippen LogP contribution in [0, 0.1) is 0 Å². The molecule has 0 saturated heterocycles. The molecular weight excluding hydrogens is 509 g/mol. The van der Waals surface area contributed by atoms with Crippen molar-refractivity contribution in [2.75, 3.05) is 0 Å². The van der Waals surface area contributed by atoms with Gasteiger partial charge in [-0.2, -0.15) is 0 Å². The first-order chi connectivity index (χ1) is 6.95. The van der Waals surface area contributed by atoms with Gasteiger partial charge in [-0.3, -0.25) is 0 Å². The van der Waals surface area contributed by atoms with Crippen LogP contribution in [0.3, 0.4) is 0 Å². The van der Waals surface area contributed by atoms with Crippen LogP contribution in [0.4, 0.5) is 0 Å². The Kier molecular flexibility index (Phi) is 6.86. The second-order valence-electron chi connectivity index (χ2n) is 2.79. The summed E-state index contributed by atoms with van der Waals surface area (Å²) in [5, 5.41) is 0. The normalized spacial score (nSPS) is 9.33. The Morgan fingerprint density at radius 3 is 1.20 bits per heavy atom. The van der Waals surface area contributed by atoms with Crippen molar-refractivity contribution in [3.8, 4) is 0 Å². The molecule has 3 heteroatoms. The Labute approximate surface area is 122 Å². The third-order valence-corrected chi connectivity index (χ3v) is 8.95. The van der Waals surface area contributed by atoms with Crippen LogP contribution < -0.4 is 8.92 Å². The molecule has 0 N–H and O–H groups in total. The second kappa shape index (κ2) is 7.64. The van der Waals surface area contributed by atoms with Gasteiger partial charge < -0.3 is 0 Å². The molecule has 0 amide bonds. The zero-order valence-corrected chi connectivity index (χ0v) is 15.4. The van der Waals surface area contributed by atoms with Crippen LogP contribution in [0.1, 0.15) is 0 Å². The van der Waals surface area contributed by atoms with Crippen molar-refractivity contribution >= 4 is 62.5 Å². The van der Waals surface area contributed by atoms with E-state index < -0.39 is 0 Å². The monoisotopic (exact) mass is 522 g/mol. The maximum absolute atomic E-state index is 2.23. The molecule has 2 aromatic rings. The third-order valence-electron chi connectivity index (χ3n) is 1.72. The first kappa shape index (κ1) is 13.5. The van der Waals surface area contributed by atoms with Gasteiger partial charge in [-0.1, -0.05) is 0 Å². The topological polar surface area (TPSA) is 0 Å². The molecule has 0 bridgehead atoms. The van der Waals surface area contributed by atoms with E-state index in [1.54, 1.807) is 0 Å². The van der Waals surface area contributed by atoms with Crippen molar-refractivity contribution in [3.63, 3.8) is 0 Å². The van der Waals surface area contributed by atoms with Gasteiger partial charge in [-0.15, -0.1) is 0 Å². The van der Waals surface area contributed by atoms with Crippen molar-refractivity contribution in [1.82, 2.24) is 0 Å². The van der Waals surface area contributed by atoms with Gasteiger partial charge in [0.05, 0.1) is 0 Å². The van der Waals surface area contributed by atoms with Gasteiger partial charge in [0.2, 0.25) is 0 Å². The Morgan fingerprint density at radius 2 is 0.867 bits per heavy atom. The van der Waals surface area contributed by atoms with Crippen LogP contribution in [0.5, 0.6) is 0 Å². The molecule has 0 aromatic heterocycles. The summed E-state index contributed by atoms with van der Waals surface area (Å²) in [6, 6.07) is 21.6. The summed E-state index contributed by atoms with van der Waals surface area (Å²) in [5.41, 5.74) is 0. The van der Waals surface area contributed by atoms with E-state index in [9.17, 15) is 0 Å².